The molecule has 23 heavy (non-hydrogen) atoms. The summed E-state index contributed by atoms with van der Waals surface area (Å²) in [5, 5.41) is 13.5. The number of ether oxygens (including phenoxy) is 1. The molecule has 0 saturated heterocycles. The SMILES string of the molecule is C[C@@H](Oc1cc(F)ccc1[N+](=O)[O-])C(=O)Nc1ccc(Br)cc1. The topological polar surface area (TPSA) is 81.5 Å². The first kappa shape index (κ1) is 16.9. The van der Waals surface area contributed by atoms with Gasteiger partial charge in [0.1, 0.15) is 5.82 Å². The van der Waals surface area contributed by atoms with E-state index in [1.54, 1.807) is 24.3 Å². The summed E-state index contributed by atoms with van der Waals surface area (Å²) < 4.78 is 19.3. The molecule has 6 nitrogen and oxygen atoms in total. The number of nitro groups is 1. The van der Waals surface area contributed by atoms with Crippen molar-refractivity contribution in [2.24, 2.45) is 0 Å². The number of hydrogen-bond acceptors (Lipinski definition) is 4. The minimum atomic E-state index is -1.04. The molecule has 2 aromatic carbocycles. The Balaban J connectivity index is 2.10. The van der Waals surface area contributed by atoms with Crippen LogP contribution in [-0.4, -0.2) is 16.9 Å². The summed E-state index contributed by atoms with van der Waals surface area (Å²) in [5.41, 5.74) is 0.136. The van der Waals surface area contributed by atoms with Crippen LogP contribution in [-0.2, 0) is 4.79 Å². The van der Waals surface area contributed by atoms with Crippen LogP contribution in [0.5, 0.6) is 5.75 Å². The second kappa shape index (κ2) is 7.19. The maximum Gasteiger partial charge on any atom is 0.311 e. The quantitative estimate of drug-likeness (QED) is 0.627. The number of halogens is 2. The molecule has 0 spiro atoms. The van der Waals surface area contributed by atoms with Crippen molar-refractivity contribution in [3.63, 3.8) is 0 Å². The Bertz CT molecular complexity index is 737. The Morgan fingerprint density at radius 1 is 1.30 bits per heavy atom. The zero-order chi connectivity index (χ0) is 17.0. The summed E-state index contributed by atoms with van der Waals surface area (Å²) in [6, 6.07) is 9.68. The molecule has 0 unspecified atom stereocenters. The van der Waals surface area contributed by atoms with Crippen LogP contribution >= 0.6 is 15.9 Å². The Morgan fingerprint density at radius 3 is 2.57 bits per heavy atom. The Kier molecular flexibility index (Phi) is 5.28. The van der Waals surface area contributed by atoms with E-state index < -0.39 is 28.4 Å². The van der Waals surface area contributed by atoms with Crippen molar-refractivity contribution in [2.45, 2.75) is 13.0 Å². The van der Waals surface area contributed by atoms with Crippen molar-refractivity contribution < 1.29 is 18.8 Å². The lowest BCUT2D eigenvalue weighted by Crippen LogP contribution is -2.30. The number of carbonyl (C=O) groups excluding carboxylic acids is 1. The van der Waals surface area contributed by atoms with E-state index in [2.05, 4.69) is 21.2 Å². The monoisotopic (exact) mass is 382 g/mol. The predicted octanol–water partition coefficient (Wildman–Crippen LogP) is 3.90. The van der Waals surface area contributed by atoms with Crippen LogP contribution in [0.2, 0.25) is 0 Å². The van der Waals surface area contributed by atoms with E-state index in [0.717, 1.165) is 22.7 Å². The number of nitrogens with one attached hydrogen (secondary N) is 1. The number of carbonyl (C=O) groups is 1. The highest BCUT2D eigenvalue weighted by Crippen LogP contribution is 2.28. The van der Waals surface area contributed by atoms with Gasteiger partial charge in [-0.15, -0.1) is 0 Å². The summed E-state index contributed by atoms with van der Waals surface area (Å²) in [6.45, 7) is 1.42. The smallest absolute Gasteiger partial charge is 0.311 e. The summed E-state index contributed by atoms with van der Waals surface area (Å²) in [6.07, 6.45) is -1.04. The second-order valence-corrected chi connectivity index (χ2v) is 5.54. The highest BCUT2D eigenvalue weighted by molar-refractivity contribution is 9.10. The minimum absolute atomic E-state index is 0.298. The van der Waals surface area contributed by atoms with Crippen molar-refractivity contribution >= 4 is 33.2 Å². The second-order valence-electron chi connectivity index (χ2n) is 4.63. The number of hydrogen-bond donors (Lipinski definition) is 1. The molecule has 120 valence electrons. The molecule has 0 radical (unpaired) electrons. The van der Waals surface area contributed by atoms with Crippen LogP contribution in [0.4, 0.5) is 15.8 Å². The van der Waals surface area contributed by atoms with Gasteiger partial charge in [0, 0.05) is 22.3 Å². The van der Waals surface area contributed by atoms with Crippen LogP contribution in [0.25, 0.3) is 0 Å². The van der Waals surface area contributed by atoms with Crippen LogP contribution in [0, 0.1) is 15.9 Å². The molecule has 1 atom stereocenters. The third-order valence-electron chi connectivity index (χ3n) is 2.90. The van der Waals surface area contributed by atoms with Crippen molar-refractivity contribution in [3.8, 4) is 5.75 Å². The molecule has 2 aromatic rings. The fraction of sp³-hybridized carbons (Fsp3) is 0.133. The summed E-state index contributed by atoms with van der Waals surface area (Å²) in [5.74, 6) is -1.49. The van der Waals surface area contributed by atoms with Gasteiger partial charge in [0.2, 0.25) is 5.75 Å². The van der Waals surface area contributed by atoms with Crippen LogP contribution in [0.1, 0.15) is 6.92 Å². The number of benzene rings is 2. The predicted molar refractivity (Wildman–Crippen MR) is 85.9 cm³/mol. The Labute approximate surface area is 139 Å². The summed E-state index contributed by atoms with van der Waals surface area (Å²) in [4.78, 5) is 22.3. The number of rotatable bonds is 5. The highest BCUT2D eigenvalue weighted by atomic mass is 79.9. The van der Waals surface area contributed by atoms with E-state index in [1.165, 1.54) is 6.92 Å². The van der Waals surface area contributed by atoms with Crippen molar-refractivity contribution in [2.75, 3.05) is 5.32 Å². The first-order valence-corrected chi connectivity index (χ1v) is 7.33. The first-order chi connectivity index (χ1) is 10.9. The van der Waals surface area contributed by atoms with E-state index in [0.29, 0.717) is 5.69 Å². The van der Waals surface area contributed by atoms with Crippen LogP contribution < -0.4 is 10.1 Å². The molecule has 2 rings (SSSR count). The molecule has 0 aliphatic carbocycles. The zero-order valence-corrected chi connectivity index (χ0v) is 13.5. The van der Waals surface area contributed by atoms with Gasteiger partial charge in [-0.05, 0) is 37.3 Å². The normalized spacial score (nSPS) is 11.6. The van der Waals surface area contributed by atoms with E-state index in [9.17, 15) is 19.3 Å². The van der Waals surface area contributed by atoms with Gasteiger partial charge in [0.15, 0.2) is 6.10 Å². The lowest BCUT2D eigenvalue weighted by Gasteiger charge is -2.14. The van der Waals surface area contributed by atoms with E-state index >= 15 is 0 Å². The lowest BCUT2D eigenvalue weighted by molar-refractivity contribution is -0.386. The molecule has 0 bridgehead atoms. The van der Waals surface area contributed by atoms with E-state index in [-0.39, 0.29) is 5.75 Å². The van der Waals surface area contributed by atoms with Crippen LogP contribution in [0.15, 0.2) is 46.9 Å². The van der Waals surface area contributed by atoms with Gasteiger partial charge in [0.25, 0.3) is 5.91 Å². The fourth-order valence-corrected chi connectivity index (χ4v) is 2.02. The molecular formula is C15H12BrFN2O4. The molecular weight excluding hydrogens is 371 g/mol. The molecule has 0 fully saturated rings. The van der Waals surface area contributed by atoms with Gasteiger partial charge in [-0.2, -0.15) is 0 Å². The van der Waals surface area contributed by atoms with Gasteiger partial charge >= 0.3 is 5.69 Å². The number of amides is 1. The van der Waals surface area contributed by atoms with E-state index in [1.807, 2.05) is 0 Å². The largest absolute Gasteiger partial charge is 0.474 e. The van der Waals surface area contributed by atoms with Gasteiger partial charge in [0.05, 0.1) is 4.92 Å². The van der Waals surface area contributed by atoms with Crippen LogP contribution in [0.3, 0.4) is 0 Å². The third-order valence-corrected chi connectivity index (χ3v) is 3.43. The summed E-state index contributed by atoms with van der Waals surface area (Å²) >= 11 is 3.28. The summed E-state index contributed by atoms with van der Waals surface area (Å²) in [7, 11) is 0. The third kappa shape index (κ3) is 4.49. The molecule has 0 aliphatic rings. The standard InChI is InChI=1S/C15H12BrFN2O4/c1-9(15(20)18-12-5-2-10(16)3-6-12)23-14-8-11(17)4-7-13(14)19(21)22/h2-9H,1H3,(H,18,20)/t9-/m1/s1. The van der Waals surface area contributed by atoms with Gasteiger partial charge in [-0.3, -0.25) is 14.9 Å². The minimum Gasteiger partial charge on any atom is -0.474 e. The molecule has 0 aromatic heterocycles. The molecule has 0 heterocycles. The van der Waals surface area contributed by atoms with Gasteiger partial charge in [-0.1, -0.05) is 15.9 Å². The van der Waals surface area contributed by atoms with Crippen molar-refractivity contribution in [1.82, 2.24) is 0 Å². The number of nitrogens with zero attached hydrogens (tertiary/aromatic N) is 1. The zero-order valence-electron chi connectivity index (χ0n) is 12.0. The fourth-order valence-electron chi connectivity index (χ4n) is 1.75. The lowest BCUT2D eigenvalue weighted by atomic mass is 10.2. The average molecular weight is 383 g/mol. The number of anilines is 1. The average Bonchev–Trinajstić information content (AvgIpc) is 2.49. The molecule has 1 N–H and O–H groups in total. The molecule has 8 heteroatoms. The van der Waals surface area contributed by atoms with E-state index in [4.69, 9.17) is 4.74 Å². The molecule has 0 saturated carbocycles. The Hall–Kier alpha value is -2.48. The number of nitro benzene ring substituents is 1. The van der Waals surface area contributed by atoms with Crippen molar-refractivity contribution in [3.05, 3.63) is 62.9 Å². The van der Waals surface area contributed by atoms with Gasteiger partial charge < -0.3 is 10.1 Å². The maximum atomic E-state index is 13.2. The van der Waals surface area contributed by atoms with Crippen molar-refractivity contribution in [1.29, 1.82) is 0 Å². The Morgan fingerprint density at radius 2 is 1.96 bits per heavy atom. The molecule has 1 amide bonds. The van der Waals surface area contributed by atoms with Gasteiger partial charge in [-0.25, -0.2) is 4.39 Å². The molecule has 0 aliphatic heterocycles. The maximum absolute atomic E-state index is 13.2. The highest BCUT2D eigenvalue weighted by Gasteiger charge is 2.22. The first-order valence-electron chi connectivity index (χ1n) is 6.54.